The molecule has 0 atom stereocenters. The van der Waals surface area contributed by atoms with E-state index in [0.29, 0.717) is 0 Å². The minimum Gasteiger partial charge on any atom is -1.00 e. The van der Waals surface area contributed by atoms with Gasteiger partial charge in [0.05, 0.1) is 0 Å². The van der Waals surface area contributed by atoms with Gasteiger partial charge in [-0.25, -0.2) is 0 Å². The summed E-state index contributed by atoms with van der Waals surface area (Å²) >= 11 is 0. The molecule has 0 aliphatic heterocycles. The molecule has 0 aromatic heterocycles. The van der Waals surface area contributed by atoms with Crippen LogP contribution in [-0.2, 0) is 0 Å². The Bertz CT molecular complexity index is 21.7. The molecule has 0 saturated heterocycles. The molecule has 0 amide bonds. The van der Waals surface area contributed by atoms with E-state index in [0.717, 1.165) is 0 Å². The quantitative estimate of drug-likeness (QED) is 0.325. The second-order valence-corrected chi connectivity index (χ2v) is 0. The first-order valence-electron chi connectivity index (χ1n) is 0. The molecule has 0 aromatic rings. The molecule has 0 saturated carbocycles. The molecule has 0 radical (unpaired) electrons. The molecule has 0 aromatic carbocycles. The van der Waals surface area contributed by atoms with Gasteiger partial charge in [0.2, 0.25) is 0 Å². The van der Waals surface area contributed by atoms with Gasteiger partial charge in [-0.15, -0.1) is 0 Å². The van der Waals surface area contributed by atoms with E-state index >= 15 is 0 Å². The Morgan fingerprint density at radius 1 is 0.308 bits per heavy atom. The van der Waals surface area contributed by atoms with Crippen molar-refractivity contribution in [2.24, 2.45) is 0 Å². The first-order chi connectivity index (χ1) is 0. The van der Waals surface area contributed by atoms with Crippen LogP contribution in [0.1, 0.15) is 0 Å². The van der Waals surface area contributed by atoms with Crippen LogP contribution in [-0.4, -0.2) is 40.7 Å². The summed E-state index contributed by atoms with van der Waals surface area (Å²) < 4.78 is 0. The molecule has 13 heavy (non-hydrogen) atoms. The van der Waals surface area contributed by atoms with Crippen molar-refractivity contribution in [2.75, 3.05) is 0 Å². The van der Waals surface area contributed by atoms with Crippen molar-refractivity contribution in [1.29, 1.82) is 0 Å². The van der Waals surface area contributed by atoms with Crippen LogP contribution >= 0.6 is 0 Å². The minimum atomic E-state index is 0. The first kappa shape index (κ1) is 453. The molecule has 0 fully saturated rings. The summed E-state index contributed by atoms with van der Waals surface area (Å²) in [6.45, 7) is 0. The third-order valence-corrected chi connectivity index (χ3v) is 0. The first-order valence-corrected chi connectivity index (χ1v) is 0. The molecule has 0 rings (SSSR count). The van der Waals surface area contributed by atoms with E-state index in [2.05, 4.69) is 0 Å². The maximum Gasteiger partial charge on any atom is 4.00 e. The molecule has 0 nitrogen and oxygen atoms in total. The SMILES string of the molecule is [B+3].[B+3].[Cl-].[Cl-].[Cl-].[Cl-].[Cl-].[Cl-].[Cl-].[F-].[F-].[F-].[Sn+4]. The van der Waals surface area contributed by atoms with Crippen molar-refractivity contribution >= 4 is 40.7 Å². The van der Waals surface area contributed by atoms with Gasteiger partial charge < -0.3 is 101 Å². The average Bonchev–Trinajstić information content (AvgIpc) is 0. The van der Waals surface area contributed by atoms with Gasteiger partial charge in [0, 0.05) is 0 Å². The largest absolute Gasteiger partial charge is 4.00 e. The van der Waals surface area contributed by atoms with Crippen molar-refractivity contribution in [3.8, 4) is 0 Å². The molecular formula is B2Cl7F3Sn. The Balaban J connectivity index is 0. The molecule has 80 valence electrons. The van der Waals surface area contributed by atoms with Crippen LogP contribution in [0.2, 0.25) is 0 Å². The van der Waals surface area contributed by atoms with Gasteiger partial charge in [-0.1, -0.05) is 0 Å². The van der Waals surface area contributed by atoms with Crippen LogP contribution in [0.25, 0.3) is 0 Å². The van der Waals surface area contributed by atoms with Crippen LogP contribution in [0.4, 0.5) is 0 Å². The third-order valence-electron chi connectivity index (χ3n) is 0. The predicted octanol–water partition coefficient (Wildman–Crippen LogP) is -31.1. The Morgan fingerprint density at radius 3 is 0.308 bits per heavy atom. The van der Waals surface area contributed by atoms with Crippen LogP contribution < -0.4 is 101 Å². The van der Waals surface area contributed by atoms with E-state index in [1.54, 1.807) is 0 Å². The van der Waals surface area contributed by atoms with Crippen molar-refractivity contribution in [3.05, 3.63) is 0 Å². The van der Waals surface area contributed by atoms with E-state index < -0.39 is 0 Å². The van der Waals surface area contributed by atoms with Gasteiger partial charge in [0.1, 0.15) is 0 Å². The Labute approximate surface area is 140 Å². The maximum atomic E-state index is 0. The van der Waals surface area contributed by atoms with Gasteiger partial charge in [-0.2, -0.15) is 0 Å². The second-order valence-electron chi connectivity index (χ2n) is 0. The van der Waals surface area contributed by atoms with Gasteiger partial charge in [0.15, 0.2) is 0 Å². The summed E-state index contributed by atoms with van der Waals surface area (Å²) in [6.07, 6.45) is 0. The molecule has 0 spiro atoms. The molecular weight excluding hydrogens is 446 g/mol. The maximum absolute atomic E-state index is 0. The van der Waals surface area contributed by atoms with E-state index in [1.807, 2.05) is 0 Å². The summed E-state index contributed by atoms with van der Waals surface area (Å²) in [4.78, 5) is 0. The summed E-state index contributed by atoms with van der Waals surface area (Å²) in [6, 6.07) is 0. The van der Waals surface area contributed by atoms with Crippen molar-refractivity contribution < 1.29 is 101 Å². The monoisotopic (exact) mass is 444 g/mol. The fraction of sp³-hybridized carbons (Fsp3) is 0. The van der Waals surface area contributed by atoms with E-state index in [9.17, 15) is 0 Å². The molecule has 0 aliphatic rings. The van der Waals surface area contributed by atoms with Gasteiger partial charge in [0.25, 0.3) is 0 Å². The zero-order valence-corrected chi connectivity index (χ0v) is 13.6. The summed E-state index contributed by atoms with van der Waals surface area (Å²) in [5, 5.41) is 0. The smallest absolute Gasteiger partial charge is 1.00 e. The average molecular weight is 446 g/mol. The van der Waals surface area contributed by atoms with Crippen molar-refractivity contribution in [1.82, 2.24) is 0 Å². The van der Waals surface area contributed by atoms with Crippen molar-refractivity contribution in [3.63, 3.8) is 0 Å². The van der Waals surface area contributed by atoms with Gasteiger partial charge in [-0.05, 0) is 0 Å². The number of hydrogen-bond acceptors (Lipinski definition) is 0. The van der Waals surface area contributed by atoms with Gasteiger partial charge >= 0.3 is 40.7 Å². The molecule has 0 unspecified atom stereocenters. The Hall–Kier alpha value is 2.75. The Morgan fingerprint density at radius 2 is 0.308 bits per heavy atom. The van der Waals surface area contributed by atoms with E-state index in [1.165, 1.54) is 0 Å². The van der Waals surface area contributed by atoms with Crippen LogP contribution in [0, 0.1) is 0 Å². The van der Waals surface area contributed by atoms with Crippen molar-refractivity contribution in [2.45, 2.75) is 0 Å². The van der Waals surface area contributed by atoms with E-state index in [-0.39, 0.29) is 142 Å². The van der Waals surface area contributed by atoms with Gasteiger partial charge in [-0.3, -0.25) is 0 Å². The fourth-order valence-corrected chi connectivity index (χ4v) is 0. The van der Waals surface area contributed by atoms with Crippen LogP contribution in [0.3, 0.4) is 0 Å². The number of halogens is 10. The number of hydrogen-bond donors (Lipinski definition) is 0. The van der Waals surface area contributed by atoms with Crippen LogP contribution in [0.5, 0.6) is 0 Å². The van der Waals surface area contributed by atoms with E-state index in [4.69, 9.17) is 0 Å². The second kappa shape index (κ2) is 369. The molecule has 0 bridgehead atoms. The predicted molar refractivity (Wildman–Crippen MR) is 17.3 cm³/mol. The standard InChI is InChI=1S/2B.7ClH.3FH.Sn/h;;10*1H;/q2*+3;;;;;;;;;;;+4/p-10. The number of rotatable bonds is 0. The summed E-state index contributed by atoms with van der Waals surface area (Å²) in [5.74, 6) is 0. The molecule has 0 N–H and O–H groups in total. The molecule has 13 heteroatoms. The third kappa shape index (κ3) is 317. The summed E-state index contributed by atoms with van der Waals surface area (Å²) in [5.41, 5.74) is 0. The molecule has 0 aliphatic carbocycles. The van der Waals surface area contributed by atoms with Crippen LogP contribution in [0.15, 0.2) is 0 Å². The zero-order valence-electron chi connectivity index (χ0n) is 5.43. The zero-order chi connectivity index (χ0) is 0. The minimum absolute atomic E-state index is 0. The fourth-order valence-electron chi connectivity index (χ4n) is 0. The topological polar surface area (TPSA) is 0 Å². The Kier molecular flexibility index (Phi) is 12900. The summed E-state index contributed by atoms with van der Waals surface area (Å²) in [7, 11) is 0. The normalized spacial score (nSPS) is 0. The molecule has 0 heterocycles.